The van der Waals surface area contributed by atoms with Crippen molar-refractivity contribution in [1.82, 2.24) is 4.90 Å². The summed E-state index contributed by atoms with van der Waals surface area (Å²) in [6.07, 6.45) is 27.7. The molecule has 69 heavy (non-hydrogen) atoms. The first-order valence-corrected chi connectivity index (χ1v) is 27.8. The first-order chi connectivity index (χ1) is 33.6. The Labute approximate surface area is 419 Å². The van der Waals surface area contributed by atoms with Crippen LogP contribution < -0.4 is 0 Å². The van der Waals surface area contributed by atoms with E-state index in [0.29, 0.717) is 44.9 Å². The lowest BCUT2D eigenvalue weighted by Gasteiger charge is -2.22. The molecule has 0 aromatic rings. The number of carbonyl (C=O) groups is 6. The Morgan fingerprint density at radius 1 is 0.304 bits per heavy atom. The van der Waals surface area contributed by atoms with Gasteiger partial charge in [0.25, 0.3) is 0 Å². The zero-order valence-corrected chi connectivity index (χ0v) is 44.4. The van der Waals surface area contributed by atoms with Crippen molar-refractivity contribution >= 4 is 35.8 Å². The van der Waals surface area contributed by atoms with Gasteiger partial charge in [0.15, 0.2) is 0 Å². The second kappa shape index (κ2) is 49.7. The highest BCUT2D eigenvalue weighted by Gasteiger charge is 2.20. The summed E-state index contributed by atoms with van der Waals surface area (Å²) in [4.78, 5) is 77.3. The van der Waals surface area contributed by atoms with E-state index in [2.05, 4.69) is 32.6 Å². The predicted octanol–water partition coefficient (Wildman–Crippen LogP) is 11.7. The van der Waals surface area contributed by atoms with Gasteiger partial charge in [-0.3, -0.25) is 28.8 Å². The average molecular weight is 984 g/mol. The van der Waals surface area contributed by atoms with E-state index in [1.165, 1.54) is 0 Å². The molecule has 0 radical (unpaired) electrons. The van der Waals surface area contributed by atoms with E-state index in [1.54, 1.807) is 0 Å². The number of aliphatic hydroxyl groups is 1. The van der Waals surface area contributed by atoms with Crippen molar-refractivity contribution in [1.29, 1.82) is 0 Å². The van der Waals surface area contributed by atoms with Crippen LogP contribution in [0.1, 0.15) is 240 Å². The number of nitrogens with zero attached hydrogens (tertiary/aromatic N) is 1. The number of aliphatic hydroxyl groups excluding tert-OH is 1. The lowest BCUT2D eigenvalue weighted by atomic mass is 10.1. The number of ether oxygens (including phenoxy) is 6. The third-order valence-electron chi connectivity index (χ3n) is 12.2. The molecule has 14 nitrogen and oxygen atoms in total. The van der Waals surface area contributed by atoms with E-state index in [9.17, 15) is 33.9 Å². The lowest BCUT2D eigenvalue weighted by molar-refractivity contribution is -0.156. The molecule has 0 aromatic heterocycles. The molecule has 0 aromatic carbocycles. The quantitative estimate of drug-likeness (QED) is 0.0345. The van der Waals surface area contributed by atoms with Gasteiger partial charge in [0.2, 0.25) is 0 Å². The molecule has 0 spiro atoms. The number of esters is 6. The second-order valence-electron chi connectivity index (χ2n) is 19.0. The molecule has 0 aliphatic carbocycles. The van der Waals surface area contributed by atoms with E-state index in [0.717, 1.165) is 174 Å². The molecular weight excluding hydrogens is 883 g/mol. The average Bonchev–Trinajstić information content (AvgIpc) is 3.34. The number of hydrogen-bond donors (Lipinski definition) is 1. The topological polar surface area (TPSA) is 181 Å². The number of unbranched alkanes of at least 4 members (excludes halogenated alkanes) is 20. The van der Waals surface area contributed by atoms with Crippen LogP contribution in [-0.4, -0.2) is 112 Å². The van der Waals surface area contributed by atoms with Gasteiger partial charge in [-0.1, -0.05) is 143 Å². The van der Waals surface area contributed by atoms with Gasteiger partial charge in [-0.2, -0.15) is 0 Å². The van der Waals surface area contributed by atoms with E-state index in [4.69, 9.17) is 28.4 Å². The Morgan fingerprint density at radius 2 is 0.507 bits per heavy atom. The van der Waals surface area contributed by atoms with E-state index < -0.39 is 11.8 Å². The van der Waals surface area contributed by atoms with Gasteiger partial charge < -0.3 is 38.4 Å². The summed E-state index contributed by atoms with van der Waals surface area (Å²) in [6, 6.07) is 0. The van der Waals surface area contributed by atoms with Crippen LogP contribution in [0.25, 0.3) is 0 Å². The van der Waals surface area contributed by atoms with Crippen LogP contribution in [0, 0.1) is 11.8 Å². The zero-order chi connectivity index (χ0) is 50.8. The third-order valence-corrected chi connectivity index (χ3v) is 12.2. The standard InChI is InChI=1S/C55H101NO13/c1-5-9-13-17-23-32-50(58)64-42-48(43-65-51(59)33-24-18-14-10-6-2)46-68-54(62)36-27-21-29-38-56(40-31-41-57)39-30-22-28-37-55(63)69-47-49(44-66-52(60)34-25-19-15-11-7-3)45-67-53(61)35-26-20-16-12-8-4/h48-49,57H,5-47H2,1-4H3. The third kappa shape index (κ3) is 45.6. The summed E-state index contributed by atoms with van der Waals surface area (Å²) in [5, 5.41) is 9.49. The SMILES string of the molecule is CCCCCCCC(=O)OCC(COC(=O)CCCCCCC)COC(=O)CCCCCN(CCCO)CCCCCC(=O)OCC(COC(=O)CCCCCCC)COC(=O)CCCCCCC. The Hall–Kier alpha value is -3.26. The zero-order valence-electron chi connectivity index (χ0n) is 44.4. The molecule has 14 heteroatoms. The molecule has 0 heterocycles. The molecule has 0 fully saturated rings. The fraction of sp³-hybridized carbons (Fsp3) is 0.891. The van der Waals surface area contributed by atoms with Crippen molar-refractivity contribution in [2.75, 3.05) is 65.9 Å². The van der Waals surface area contributed by atoms with Crippen LogP contribution in [-0.2, 0) is 57.2 Å². The van der Waals surface area contributed by atoms with Gasteiger partial charge in [-0.25, -0.2) is 0 Å². The van der Waals surface area contributed by atoms with Gasteiger partial charge in [0.1, 0.15) is 39.6 Å². The summed E-state index contributed by atoms with van der Waals surface area (Å²) in [7, 11) is 0. The minimum atomic E-state index is -0.435. The lowest BCUT2D eigenvalue weighted by Crippen LogP contribution is -2.28. The fourth-order valence-electron chi connectivity index (χ4n) is 7.67. The maximum absolute atomic E-state index is 12.7. The smallest absolute Gasteiger partial charge is 0.305 e. The summed E-state index contributed by atoms with van der Waals surface area (Å²) < 4.78 is 33.2. The Morgan fingerprint density at radius 3 is 0.725 bits per heavy atom. The van der Waals surface area contributed by atoms with Gasteiger partial charge >= 0.3 is 35.8 Å². The highest BCUT2D eigenvalue weighted by molar-refractivity contribution is 5.71. The Kier molecular flexibility index (Phi) is 47.4. The predicted molar refractivity (Wildman–Crippen MR) is 271 cm³/mol. The highest BCUT2D eigenvalue weighted by atomic mass is 16.6. The first kappa shape index (κ1) is 65.7. The van der Waals surface area contributed by atoms with Crippen molar-refractivity contribution in [3.8, 4) is 0 Å². The fourth-order valence-corrected chi connectivity index (χ4v) is 7.67. The minimum absolute atomic E-state index is 0.00648. The molecule has 404 valence electrons. The Bertz CT molecular complexity index is 1110. The molecule has 0 atom stereocenters. The maximum atomic E-state index is 12.7. The summed E-state index contributed by atoms with van der Waals surface area (Å²) in [5.74, 6) is -2.71. The van der Waals surface area contributed by atoms with Crippen molar-refractivity contribution in [2.45, 2.75) is 240 Å². The molecule has 1 N–H and O–H groups in total. The number of carbonyl (C=O) groups excluding carboxylic acids is 6. The number of hydrogen-bond acceptors (Lipinski definition) is 14. The summed E-state index contributed by atoms with van der Waals surface area (Å²) in [5.41, 5.74) is 0. The van der Waals surface area contributed by atoms with Crippen molar-refractivity contribution in [3.05, 3.63) is 0 Å². The van der Waals surface area contributed by atoms with Crippen LogP contribution in [0.3, 0.4) is 0 Å². The van der Waals surface area contributed by atoms with Crippen molar-refractivity contribution in [3.63, 3.8) is 0 Å². The number of rotatable bonds is 51. The molecule has 0 saturated heterocycles. The normalized spacial score (nSPS) is 11.3. The molecule has 0 saturated carbocycles. The van der Waals surface area contributed by atoms with Gasteiger partial charge in [-0.05, 0) is 70.9 Å². The van der Waals surface area contributed by atoms with Crippen LogP contribution in [0.5, 0.6) is 0 Å². The van der Waals surface area contributed by atoms with Crippen LogP contribution in [0.2, 0.25) is 0 Å². The summed E-state index contributed by atoms with van der Waals surface area (Å²) >= 11 is 0. The Balaban J connectivity index is 4.75. The van der Waals surface area contributed by atoms with Crippen molar-refractivity contribution in [2.24, 2.45) is 11.8 Å². The molecule has 0 rings (SSSR count). The first-order valence-electron chi connectivity index (χ1n) is 27.8. The molecule has 0 bridgehead atoms. The molecule has 0 unspecified atom stereocenters. The van der Waals surface area contributed by atoms with Gasteiger partial charge in [0, 0.05) is 51.7 Å². The van der Waals surface area contributed by atoms with Crippen LogP contribution in [0.4, 0.5) is 0 Å². The summed E-state index contributed by atoms with van der Waals surface area (Å²) in [6.45, 7) is 11.2. The molecule has 0 aliphatic rings. The largest absolute Gasteiger partial charge is 0.465 e. The van der Waals surface area contributed by atoms with Crippen LogP contribution >= 0.6 is 0 Å². The van der Waals surface area contributed by atoms with Gasteiger partial charge in [0.05, 0.1) is 11.8 Å². The molecule has 0 aliphatic heterocycles. The van der Waals surface area contributed by atoms with E-state index in [-0.39, 0.29) is 94.9 Å². The monoisotopic (exact) mass is 984 g/mol. The minimum Gasteiger partial charge on any atom is -0.465 e. The maximum Gasteiger partial charge on any atom is 0.305 e. The van der Waals surface area contributed by atoms with Gasteiger partial charge in [-0.15, -0.1) is 0 Å². The van der Waals surface area contributed by atoms with E-state index >= 15 is 0 Å². The second-order valence-corrected chi connectivity index (χ2v) is 19.0. The van der Waals surface area contributed by atoms with Crippen LogP contribution in [0.15, 0.2) is 0 Å². The molecule has 0 amide bonds. The van der Waals surface area contributed by atoms with Crippen molar-refractivity contribution < 1.29 is 62.3 Å². The van der Waals surface area contributed by atoms with E-state index in [1.807, 2.05) is 0 Å². The highest BCUT2D eigenvalue weighted by Crippen LogP contribution is 2.14. The molecular formula is C55H101NO13.